The zero-order chi connectivity index (χ0) is 11.4. The van der Waals surface area contributed by atoms with Gasteiger partial charge in [0.05, 0.1) is 23.8 Å². The van der Waals surface area contributed by atoms with Crippen LogP contribution in [0.2, 0.25) is 0 Å². The number of pyridine rings is 1. The molecule has 0 radical (unpaired) electrons. The lowest BCUT2D eigenvalue weighted by atomic mass is 10.1. The molecule has 0 spiro atoms. The summed E-state index contributed by atoms with van der Waals surface area (Å²) in [5.41, 5.74) is 2.76. The van der Waals surface area contributed by atoms with Gasteiger partial charge in [0, 0.05) is 13.1 Å². The van der Waals surface area contributed by atoms with Crippen molar-refractivity contribution < 1.29 is 0 Å². The SMILES string of the molecule is CCCNc1cncc(NCC2(C)CC2)c1. The van der Waals surface area contributed by atoms with Gasteiger partial charge in [-0.1, -0.05) is 13.8 Å². The number of hydrogen-bond donors (Lipinski definition) is 2. The van der Waals surface area contributed by atoms with Crippen molar-refractivity contribution in [3.63, 3.8) is 0 Å². The first-order chi connectivity index (χ1) is 7.72. The van der Waals surface area contributed by atoms with E-state index >= 15 is 0 Å². The van der Waals surface area contributed by atoms with Crippen LogP contribution in [0, 0.1) is 5.41 Å². The van der Waals surface area contributed by atoms with Crippen LogP contribution in [0.1, 0.15) is 33.1 Å². The monoisotopic (exact) mass is 219 g/mol. The maximum Gasteiger partial charge on any atom is 0.0547 e. The van der Waals surface area contributed by atoms with Crippen LogP contribution in [0.3, 0.4) is 0 Å². The van der Waals surface area contributed by atoms with Crippen molar-refractivity contribution in [3.8, 4) is 0 Å². The zero-order valence-corrected chi connectivity index (χ0v) is 10.2. The van der Waals surface area contributed by atoms with Crippen molar-refractivity contribution in [1.82, 2.24) is 4.98 Å². The van der Waals surface area contributed by atoms with Crippen LogP contribution in [0.25, 0.3) is 0 Å². The molecule has 1 aromatic heterocycles. The molecule has 2 rings (SSSR count). The molecule has 3 heteroatoms. The summed E-state index contributed by atoms with van der Waals surface area (Å²) in [5.74, 6) is 0. The zero-order valence-electron chi connectivity index (χ0n) is 10.2. The highest BCUT2D eigenvalue weighted by molar-refractivity contribution is 5.54. The molecule has 1 fully saturated rings. The Kier molecular flexibility index (Phi) is 3.32. The summed E-state index contributed by atoms with van der Waals surface area (Å²) in [6.45, 7) is 6.55. The first-order valence-corrected chi connectivity index (χ1v) is 6.15. The Morgan fingerprint density at radius 3 is 2.56 bits per heavy atom. The fourth-order valence-corrected chi connectivity index (χ4v) is 1.61. The summed E-state index contributed by atoms with van der Waals surface area (Å²) in [7, 11) is 0. The Bertz CT molecular complexity index is 345. The third-order valence-corrected chi connectivity index (χ3v) is 3.14. The number of aromatic nitrogens is 1. The summed E-state index contributed by atoms with van der Waals surface area (Å²) < 4.78 is 0. The second-order valence-electron chi connectivity index (χ2n) is 5.05. The lowest BCUT2D eigenvalue weighted by Crippen LogP contribution is -2.12. The first kappa shape index (κ1) is 11.2. The number of nitrogens with one attached hydrogen (secondary N) is 2. The summed E-state index contributed by atoms with van der Waals surface area (Å²) >= 11 is 0. The Balaban J connectivity index is 1.88. The van der Waals surface area contributed by atoms with E-state index in [0.29, 0.717) is 5.41 Å². The molecule has 0 saturated heterocycles. The highest BCUT2D eigenvalue weighted by Crippen LogP contribution is 2.44. The van der Waals surface area contributed by atoms with Gasteiger partial charge in [-0.25, -0.2) is 0 Å². The molecule has 16 heavy (non-hydrogen) atoms. The Morgan fingerprint density at radius 1 is 1.25 bits per heavy atom. The molecule has 1 aromatic rings. The number of nitrogens with zero attached hydrogens (tertiary/aromatic N) is 1. The molecular formula is C13H21N3. The molecule has 1 saturated carbocycles. The lowest BCUT2D eigenvalue weighted by molar-refractivity contribution is 0.610. The highest BCUT2D eigenvalue weighted by atomic mass is 14.9. The number of hydrogen-bond acceptors (Lipinski definition) is 3. The molecule has 0 amide bonds. The maximum absolute atomic E-state index is 4.23. The van der Waals surface area contributed by atoms with E-state index in [2.05, 4.69) is 35.5 Å². The molecule has 0 aromatic carbocycles. The second-order valence-corrected chi connectivity index (χ2v) is 5.05. The largest absolute Gasteiger partial charge is 0.384 e. The van der Waals surface area contributed by atoms with E-state index in [1.165, 1.54) is 12.8 Å². The predicted molar refractivity (Wildman–Crippen MR) is 68.8 cm³/mol. The summed E-state index contributed by atoms with van der Waals surface area (Å²) in [6.07, 6.45) is 7.60. The van der Waals surface area contributed by atoms with Crippen LogP contribution >= 0.6 is 0 Å². The third kappa shape index (κ3) is 3.12. The molecule has 1 aliphatic rings. The highest BCUT2D eigenvalue weighted by Gasteiger charge is 2.36. The average Bonchev–Trinajstić information content (AvgIpc) is 3.03. The fraction of sp³-hybridized carbons (Fsp3) is 0.615. The van der Waals surface area contributed by atoms with Crippen molar-refractivity contribution in [3.05, 3.63) is 18.5 Å². The van der Waals surface area contributed by atoms with Crippen LogP contribution < -0.4 is 10.6 Å². The molecular weight excluding hydrogens is 198 g/mol. The lowest BCUT2D eigenvalue weighted by Gasteiger charge is -2.12. The van der Waals surface area contributed by atoms with Gasteiger partial charge in [0.1, 0.15) is 0 Å². The Labute approximate surface area is 97.7 Å². The smallest absolute Gasteiger partial charge is 0.0547 e. The molecule has 2 N–H and O–H groups in total. The second kappa shape index (κ2) is 4.73. The van der Waals surface area contributed by atoms with Crippen molar-refractivity contribution in [2.75, 3.05) is 23.7 Å². The van der Waals surface area contributed by atoms with Crippen molar-refractivity contribution in [2.24, 2.45) is 5.41 Å². The van der Waals surface area contributed by atoms with Gasteiger partial charge in [0.15, 0.2) is 0 Å². The predicted octanol–water partition coefficient (Wildman–Crippen LogP) is 3.12. The average molecular weight is 219 g/mol. The Hall–Kier alpha value is -1.25. The van der Waals surface area contributed by atoms with E-state index < -0.39 is 0 Å². The van der Waals surface area contributed by atoms with Gasteiger partial charge in [-0.15, -0.1) is 0 Å². The normalized spacial score (nSPS) is 16.9. The summed E-state index contributed by atoms with van der Waals surface area (Å²) in [6, 6.07) is 2.13. The van der Waals surface area contributed by atoms with Crippen LogP contribution in [0.4, 0.5) is 11.4 Å². The van der Waals surface area contributed by atoms with Crippen LogP contribution in [0.5, 0.6) is 0 Å². The van der Waals surface area contributed by atoms with Gasteiger partial charge in [-0.3, -0.25) is 4.98 Å². The topological polar surface area (TPSA) is 37.0 Å². The standard InChI is InChI=1S/C13H21N3/c1-3-6-15-11-7-12(9-14-8-11)16-10-13(2)4-5-13/h7-9,15-16H,3-6,10H2,1-2H3. The summed E-state index contributed by atoms with van der Waals surface area (Å²) in [5, 5.41) is 6.81. The van der Waals surface area contributed by atoms with E-state index in [4.69, 9.17) is 0 Å². The molecule has 0 unspecified atom stereocenters. The van der Waals surface area contributed by atoms with Gasteiger partial charge < -0.3 is 10.6 Å². The molecule has 1 aliphatic carbocycles. The van der Waals surface area contributed by atoms with Gasteiger partial charge in [0.25, 0.3) is 0 Å². The molecule has 88 valence electrons. The fourth-order valence-electron chi connectivity index (χ4n) is 1.61. The third-order valence-electron chi connectivity index (χ3n) is 3.14. The maximum atomic E-state index is 4.23. The Morgan fingerprint density at radius 2 is 1.94 bits per heavy atom. The molecule has 3 nitrogen and oxygen atoms in total. The summed E-state index contributed by atoms with van der Waals surface area (Å²) in [4.78, 5) is 4.23. The van der Waals surface area contributed by atoms with Crippen LogP contribution in [0.15, 0.2) is 18.5 Å². The van der Waals surface area contributed by atoms with Crippen LogP contribution in [-0.2, 0) is 0 Å². The van der Waals surface area contributed by atoms with Gasteiger partial charge in [-0.05, 0) is 30.7 Å². The van der Waals surface area contributed by atoms with E-state index in [1.54, 1.807) is 0 Å². The van der Waals surface area contributed by atoms with E-state index in [9.17, 15) is 0 Å². The van der Waals surface area contributed by atoms with Crippen molar-refractivity contribution in [1.29, 1.82) is 0 Å². The van der Waals surface area contributed by atoms with E-state index in [0.717, 1.165) is 30.9 Å². The van der Waals surface area contributed by atoms with Crippen molar-refractivity contribution >= 4 is 11.4 Å². The quantitative estimate of drug-likeness (QED) is 0.772. The number of anilines is 2. The minimum absolute atomic E-state index is 0.535. The van der Waals surface area contributed by atoms with E-state index in [1.807, 2.05) is 12.4 Å². The number of rotatable bonds is 6. The molecule has 0 bridgehead atoms. The molecule has 0 aliphatic heterocycles. The molecule has 1 heterocycles. The minimum atomic E-state index is 0.535. The minimum Gasteiger partial charge on any atom is -0.384 e. The van der Waals surface area contributed by atoms with Gasteiger partial charge in [-0.2, -0.15) is 0 Å². The molecule has 0 atom stereocenters. The van der Waals surface area contributed by atoms with Crippen LogP contribution in [-0.4, -0.2) is 18.1 Å². The van der Waals surface area contributed by atoms with E-state index in [-0.39, 0.29) is 0 Å². The first-order valence-electron chi connectivity index (χ1n) is 6.15. The van der Waals surface area contributed by atoms with Gasteiger partial charge in [0.2, 0.25) is 0 Å². The van der Waals surface area contributed by atoms with Gasteiger partial charge >= 0.3 is 0 Å². The van der Waals surface area contributed by atoms with Crippen molar-refractivity contribution in [2.45, 2.75) is 33.1 Å².